The summed E-state index contributed by atoms with van der Waals surface area (Å²) >= 11 is 0. The van der Waals surface area contributed by atoms with Gasteiger partial charge in [0.2, 0.25) is 10.0 Å². The third kappa shape index (κ3) is 7.23. The second-order valence-corrected chi connectivity index (χ2v) is 18.8. The third-order valence-electron chi connectivity index (χ3n) is 11.8. The number of likely N-dealkylation sites (tertiary alicyclic amines) is 1. The number of rotatable bonds is 10. The highest BCUT2D eigenvalue weighted by Gasteiger charge is 2.38. The second-order valence-electron chi connectivity index (χ2n) is 16.6. The van der Waals surface area contributed by atoms with E-state index < -0.39 is 21.2 Å². The Bertz CT molecular complexity index is 2260. The number of ether oxygens (including phenoxy) is 1. The number of carbonyl (C=O) groups excluding carboxylic acids is 2. The van der Waals surface area contributed by atoms with Crippen molar-refractivity contribution < 1.29 is 22.7 Å². The van der Waals surface area contributed by atoms with Gasteiger partial charge in [-0.15, -0.1) is 0 Å². The summed E-state index contributed by atoms with van der Waals surface area (Å²) in [5, 5.41) is 5.17. The molecule has 2 unspecified atom stereocenters. The molecular formula is C43H56N6O5S. The number of sulfonamides is 1. The highest BCUT2D eigenvalue weighted by molar-refractivity contribution is 7.90. The summed E-state index contributed by atoms with van der Waals surface area (Å²) in [7, 11) is 1.93. The smallest absolute Gasteiger partial charge is 0.264 e. The lowest BCUT2D eigenvalue weighted by atomic mass is 9.81. The first-order valence-corrected chi connectivity index (χ1v) is 21.4. The van der Waals surface area contributed by atoms with E-state index in [1.165, 1.54) is 12.0 Å². The molecule has 7 rings (SSSR count). The van der Waals surface area contributed by atoms with Crippen LogP contribution >= 0.6 is 0 Å². The van der Waals surface area contributed by atoms with Crippen LogP contribution in [0.15, 0.2) is 42.6 Å². The predicted octanol–water partition coefficient (Wildman–Crippen LogP) is 7.72. The molecule has 11 nitrogen and oxygen atoms in total. The Morgan fingerprint density at radius 1 is 0.982 bits per heavy atom. The molecule has 4 aromatic rings. The molecule has 0 radical (unpaired) electrons. The highest BCUT2D eigenvalue weighted by Crippen LogP contribution is 2.48. The van der Waals surface area contributed by atoms with Crippen molar-refractivity contribution >= 4 is 44.4 Å². The number of carbonyl (C=O) groups is 2. The summed E-state index contributed by atoms with van der Waals surface area (Å²) in [6.07, 6.45) is 11.5. The van der Waals surface area contributed by atoms with E-state index >= 15 is 0 Å². The zero-order valence-corrected chi connectivity index (χ0v) is 34.4. The zero-order valence-electron chi connectivity index (χ0n) is 33.6. The van der Waals surface area contributed by atoms with E-state index in [4.69, 9.17) is 9.84 Å². The molecule has 0 bridgehead atoms. The van der Waals surface area contributed by atoms with Gasteiger partial charge in [0, 0.05) is 46.7 Å². The first kappa shape index (κ1) is 38.8. The molecule has 4 heterocycles. The van der Waals surface area contributed by atoms with Crippen molar-refractivity contribution in [1.29, 1.82) is 0 Å². The fraction of sp³-hybridized carbons (Fsp3) is 0.512. The maximum Gasteiger partial charge on any atom is 0.264 e. The van der Waals surface area contributed by atoms with Crippen LogP contribution in [0.3, 0.4) is 0 Å². The van der Waals surface area contributed by atoms with Crippen molar-refractivity contribution in [3.8, 4) is 17.0 Å². The summed E-state index contributed by atoms with van der Waals surface area (Å²) in [5.41, 5.74) is 7.76. The first-order valence-electron chi connectivity index (χ1n) is 19.9. The molecule has 1 N–H and O–H groups in total. The molecule has 2 amide bonds. The average Bonchev–Trinajstić information content (AvgIpc) is 3.81. The third-order valence-corrected chi connectivity index (χ3v) is 13.5. The van der Waals surface area contributed by atoms with Crippen molar-refractivity contribution in [2.45, 2.75) is 115 Å². The van der Waals surface area contributed by atoms with Crippen LogP contribution in [0.1, 0.15) is 129 Å². The first-order chi connectivity index (χ1) is 26.2. The molecule has 2 aliphatic heterocycles. The molecule has 1 saturated heterocycles. The number of nitrogens with zero attached hydrogens (tertiary/aromatic N) is 5. The Hall–Kier alpha value is -4.42. The summed E-state index contributed by atoms with van der Waals surface area (Å²) in [4.78, 5) is 32.6. The van der Waals surface area contributed by atoms with Crippen LogP contribution in [-0.4, -0.2) is 89.5 Å². The number of nitrogens with one attached hydrogen (secondary N) is 1. The Morgan fingerprint density at radius 2 is 1.73 bits per heavy atom. The topological polar surface area (TPSA) is 119 Å². The molecule has 0 spiro atoms. The Balaban J connectivity index is 1.46. The molecule has 12 heteroatoms. The van der Waals surface area contributed by atoms with Crippen LogP contribution in [0.4, 0.5) is 0 Å². The number of hydrogen-bond donors (Lipinski definition) is 1. The average molecular weight is 769 g/mol. The Kier molecular flexibility index (Phi) is 10.8. The number of amides is 2. The standard InChI is InChI=1S/C43H56N6O5S/c1-26(2)49-40(37(23-44-49)43(51)48-28(5)14-16-33(48)25-46(6)7)32-20-31-21-34(54-8)17-19-35(31)41-39(29-12-10-9-11-13-29)36-18-15-30(22-38(36)47(41)24-32)42(50)45-55(52,53)27(3)4/h15,17-23,26-29,33H,9-14,16,24-25H2,1-8H3,(H,45,50). The molecule has 2 aromatic heterocycles. The van der Waals surface area contributed by atoms with Crippen LogP contribution < -0.4 is 9.46 Å². The minimum atomic E-state index is -3.84. The summed E-state index contributed by atoms with van der Waals surface area (Å²) in [5.74, 6) is 0.376. The van der Waals surface area contributed by atoms with Crippen molar-refractivity contribution in [2.24, 2.45) is 0 Å². The van der Waals surface area contributed by atoms with Gasteiger partial charge in [-0.3, -0.25) is 14.3 Å². The molecule has 1 aliphatic carbocycles. The van der Waals surface area contributed by atoms with Crippen molar-refractivity contribution in [3.63, 3.8) is 0 Å². The molecule has 55 heavy (non-hydrogen) atoms. The number of hydrogen-bond acceptors (Lipinski definition) is 7. The van der Waals surface area contributed by atoms with Crippen molar-refractivity contribution in [3.05, 3.63) is 70.5 Å². The minimum Gasteiger partial charge on any atom is -0.497 e. The second kappa shape index (κ2) is 15.3. The fourth-order valence-electron chi connectivity index (χ4n) is 9.04. The number of aromatic nitrogens is 3. The van der Waals surface area contributed by atoms with Gasteiger partial charge in [0.05, 0.1) is 42.1 Å². The summed E-state index contributed by atoms with van der Waals surface area (Å²) < 4.78 is 37.9. The van der Waals surface area contributed by atoms with Crippen LogP contribution in [-0.2, 0) is 16.6 Å². The molecule has 2 atom stereocenters. The van der Waals surface area contributed by atoms with Crippen LogP contribution in [0, 0.1) is 0 Å². The zero-order chi connectivity index (χ0) is 39.3. The quantitative estimate of drug-likeness (QED) is 0.176. The number of allylic oxidation sites excluding steroid dienone is 1. The van der Waals surface area contributed by atoms with Crippen molar-refractivity contribution in [2.75, 3.05) is 27.7 Å². The van der Waals surface area contributed by atoms with Gasteiger partial charge in [0.15, 0.2) is 0 Å². The highest BCUT2D eigenvalue weighted by atomic mass is 32.2. The lowest BCUT2D eigenvalue weighted by molar-refractivity contribution is 0.0655. The van der Waals surface area contributed by atoms with Gasteiger partial charge in [-0.05, 0) is 133 Å². The van der Waals surface area contributed by atoms with Gasteiger partial charge < -0.3 is 19.1 Å². The predicted molar refractivity (Wildman–Crippen MR) is 219 cm³/mol. The number of fused-ring (bicyclic) bond motifs is 5. The van der Waals surface area contributed by atoms with Gasteiger partial charge in [-0.25, -0.2) is 13.1 Å². The number of benzene rings is 2. The monoisotopic (exact) mass is 768 g/mol. The van der Waals surface area contributed by atoms with Crippen molar-refractivity contribution in [1.82, 2.24) is 28.9 Å². The Morgan fingerprint density at radius 3 is 2.40 bits per heavy atom. The van der Waals surface area contributed by atoms with E-state index in [-0.39, 0.29) is 29.6 Å². The number of methoxy groups -OCH3 is 1. The van der Waals surface area contributed by atoms with E-state index in [1.54, 1.807) is 33.2 Å². The lowest BCUT2D eigenvalue weighted by Gasteiger charge is -2.30. The van der Waals surface area contributed by atoms with E-state index in [0.717, 1.165) is 89.8 Å². The van der Waals surface area contributed by atoms with Crippen LogP contribution in [0.2, 0.25) is 0 Å². The van der Waals surface area contributed by atoms with E-state index in [9.17, 15) is 18.0 Å². The molecular weight excluding hydrogens is 713 g/mol. The van der Waals surface area contributed by atoms with Gasteiger partial charge in [0.25, 0.3) is 11.8 Å². The largest absolute Gasteiger partial charge is 0.497 e. The molecule has 3 aliphatic rings. The van der Waals surface area contributed by atoms with E-state index in [1.807, 2.05) is 22.9 Å². The molecule has 1 saturated carbocycles. The van der Waals surface area contributed by atoms with Gasteiger partial charge in [0.1, 0.15) is 5.75 Å². The Labute approximate surface area is 325 Å². The van der Waals surface area contributed by atoms with Gasteiger partial charge in [-0.2, -0.15) is 5.10 Å². The van der Waals surface area contributed by atoms with Gasteiger partial charge in [-0.1, -0.05) is 25.3 Å². The van der Waals surface area contributed by atoms with Crippen LogP contribution in [0.5, 0.6) is 5.75 Å². The van der Waals surface area contributed by atoms with Crippen LogP contribution in [0.25, 0.3) is 33.8 Å². The van der Waals surface area contributed by atoms with E-state index in [0.29, 0.717) is 18.0 Å². The lowest BCUT2D eigenvalue weighted by Crippen LogP contribution is -2.44. The molecule has 294 valence electrons. The minimum absolute atomic E-state index is 0.0134. The summed E-state index contributed by atoms with van der Waals surface area (Å²) in [6.45, 7) is 10.6. The maximum atomic E-state index is 14.8. The normalized spacial score (nSPS) is 19.2. The van der Waals surface area contributed by atoms with E-state index in [2.05, 4.69) is 72.2 Å². The summed E-state index contributed by atoms with van der Waals surface area (Å²) in [6, 6.07) is 11.9. The molecule has 2 fully saturated rings. The molecule has 2 aromatic carbocycles. The SMILES string of the molecule is COc1ccc2c(c1)C=C(c1c(C(=O)N3C(C)CCC3CN(C)C)cnn1C(C)C)Cn1c-2c(C2CCCCC2)c2ccc(C(=O)NS(=O)(=O)C(C)C)cc21. The number of likely N-dealkylation sites (N-methyl/N-ethyl adjacent to an activating group) is 1. The maximum absolute atomic E-state index is 14.8. The fourth-order valence-corrected chi connectivity index (χ4v) is 9.65. The van der Waals surface area contributed by atoms with Gasteiger partial charge >= 0.3 is 0 Å².